The Balaban J connectivity index is 2.45. The van der Waals surface area contributed by atoms with Crippen molar-refractivity contribution in [1.82, 2.24) is 0 Å². The number of benzene rings is 1. The Labute approximate surface area is 137 Å². The molecule has 0 saturated heterocycles. The maximum Gasteiger partial charge on any atom is 0.346 e. The Morgan fingerprint density at radius 2 is 1.96 bits per heavy atom. The highest BCUT2D eigenvalue weighted by atomic mass is 32.2. The molecule has 1 aromatic carbocycles. The van der Waals surface area contributed by atoms with Crippen molar-refractivity contribution in [3.8, 4) is 0 Å². The first-order valence-electron chi connectivity index (χ1n) is 6.89. The highest BCUT2D eigenvalue weighted by Crippen LogP contribution is 2.44. The van der Waals surface area contributed by atoms with Crippen LogP contribution in [0.25, 0.3) is 0 Å². The molecule has 0 fully saturated rings. The van der Waals surface area contributed by atoms with Crippen molar-refractivity contribution in [2.24, 2.45) is 0 Å². The summed E-state index contributed by atoms with van der Waals surface area (Å²) in [4.78, 5) is 25.7. The van der Waals surface area contributed by atoms with Gasteiger partial charge in [-0.3, -0.25) is 0 Å². The van der Waals surface area contributed by atoms with Gasteiger partial charge in [0, 0.05) is 11.4 Å². The average molecular weight is 337 g/mol. The summed E-state index contributed by atoms with van der Waals surface area (Å²) in [6.07, 6.45) is 1.28. The van der Waals surface area contributed by atoms with Crippen LogP contribution in [0.1, 0.15) is 13.8 Å². The van der Waals surface area contributed by atoms with Gasteiger partial charge in [-0.15, -0.1) is 0 Å². The lowest BCUT2D eigenvalue weighted by Crippen LogP contribution is -2.16. The number of nitrogens with zero attached hydrogens (tertiary/aromatic N) is 1. The van der Waals surface area contributed by atoms with Crippen LogP contribution in [0.3, 0.4) is 0 Å². The molecule has 0 aromatic heterocycles. The number of carbonyl (C=O) groups is 2. The van der Waals surface area contributed by atoms with Crippen molar-refractivity contribution in [2.45, 2.75) is 13.8 Å². The van der Waals surface area contributed by atoms with Crippen LogP contribution in [0.2, 0.25) is 0 Å². The summed E-state index contributed by atoms with van der Waals surface area (Å²) in [7, 11) is 1.27. The van der Waals surface area contributed by atoms with E-state index >= 15 is 0 Å². The molecule has 5 nitrogen and oxygen atoms in total. The predicted molar refractivity (Wildman–Crippen MR) is 85.9 cm³/mol. The summed E-state index contributed by atoms with van der Waals surface area (Å²) in [6, 6.07) is 5.76. The second-order valence-electron chi connectivity index (χ2n) is 4.55. The highest BCUT2D eigenvalue weighted by Gasteiger charge is 2.32. The van der Waals surface area contributed by atoms with Crippen LogP contribution in [0, 0.1) is 5.82 Å². The molecule has 1 aliphatic rings. The molecule has 0 atom stereocenters. The van der Waals surface area contributed by atoms with Crippen LogP contribution < -0.4 is 4.90 Å². The summed E-state index contributed by atoms with van der Waals surface area (Å²) in [6.45, 7) is 3.71. The summed E-state index contributed by atoms with van der Waals surface area (Å²) in [5.41, 5.74) is 1.24. The summed E-state index contributed by atoms with van der Waals surface area (Å²) >= 11 is 1.12. The fourth-order valence-corrected chi connectivity index (χ4v) is 3.12. The molecule has 1 aliphatic heterocycles. The number of halogens is 1. The summed E-state index contributed by atoms with van der Waals surface area (Å²) in [5, 5.41) is 0.490. The van der Waals surface area contributed by atoms with Crippen LogP contribution in [0.5, 0.6) is 0 Å². The van der Waals surface area contributed by atoms with Crippen LogP contribution >= 0.6 is 11.8 Å². The minimum Gasteiger partial charge on any atom is -0.466 e. The lowest BCUT2D eigenvalue weighted by atomic mass is 10.2. The van der Waals surface area contributed by atoms with E-state index in [9.17, 15) is 14.0 Å². The Morgan fingerprint density at radius 3 is 2.52 bits per heavy atom. The quantitative estimate of drug-likeness (QED) is 0.621. The molecule has 0 unspecified atom stereocenters. The number of hydrogen-bond donors (Lipinski definition) is 0. The first-order chi connectivity index (χ1) is 11.0. The fraction of sp³-hybridized carbons (Fsp3) is 0.250. The second kappa shape index (κ2) is 7.32. The largest absolute Gasteiger partial charge is 0.466 e. The van der Waals surface area contributed by atoms with Crippen molar-refractivity contribution in [3.63, 3.8) is 0 Å². The van der Waals surface area contributed by atoms with Crippen molar-refractivity contribution in [3.05, 3.63) is 51.8 Å². The van der Waals surface area contributed by atoms with Crippen LogP contribution in [0.15, 0.2) is 46.0 Å². The van der Waals surface area contributed by atoms with Gasteiger partial charge in [-0.2, -0.15) is 0 Å². The first-order valence-corrected chi connectivity index (χ1v) is 7.70. The van der Waals surface area contributed by atoms with E-state index in [0.717, 1.165) is 11.8 Å². The number of carbonyl (C=O) groups excluding carboxylic acids is 2. The van der Waals surface area contributed by atoms with E-state index in [1.165, 1.54) is 25.3 Å². The van der Waals surface area contributed by atoms with Gasteiger partial charge in [0.1, 0.15) is 10.7 Å². The Morgan fingerprint density at radius 1 is 1.30 bits per heavy atom. The van der Waals surface area contributed by atoms with E-state index in [1.807, 2.05) is 0 Å². The topological polar surface area (TPSA) is 55.8 Å². The van der Waals surface area contributed by atoms with Gasteiger partial charge in [-0.05, 0) is 38.1 Å². The van der Waals surface area contributed by atoms with Gasteiger partial charge in [0.05, 0.1) is 24.8 Å². The molecule has 2 rings (SSSR count). The molecule has 0 bridgehead atoms. The van der Waals surface area contributed by atoms with Gasteiger partial charge in [0.15, 0.2) is 0 Å². The van der Waals surface area contributed by atoms with Gasteiger partial charge >= 0.3 is 11.9 Å². The zero-order valence-corrected chi connectivity index (χ0v) is 13.8. The molecule has 0 spiro atoms. The molecule has 0 saturated carbocycles. The molecule has 0 radical (unpaired) electrons. The van der Waals surface area contributed by atoms with Gasteiger partial charge in [-0.1, -0.05) is 11.8 Å². The molecule has 122 valence electrons. The predicted octanol–water partition coefficient (Wildman–Crippen LogP) is 3.19. The van der Waals surface area contributed by atoms with E-state index in [-0.39, 0.29) is 12.4 Å². The van der Waals surface area contributed by atoms with E-state index in [0.29, 0.717) is 21.3 Å². The second-order valence-corrected chi connectivity index (χ2v) is 5.59. The van der Waals surface area contributed by atoms with Gasteiger partial charge in [0.25, 0.3) is 0 Å². The van der Waals surface area contributed by atoms with Crippen molar-refractivity contribution in [1.29, 1.82) is 0 Å². The molecular formula is C16H16FNO4S. The standard InChI is InChI=1S/C16H16FNO4S/c1-4-22-16(20)15-10(2)18(12-7-5-11(17)6-8-12)13(23-15)9-14(19)21-3/h5-9H,4H2,1-3H3/b13-9+. The molecule has 7 heteroatoms. The van der Waals surface area contributed by atoms with E-state index in [2.05, 4.69) is 4.74 Å². The zero-order valence-electron chi connectivity index (χ0n) is 13.0. The minimum atomic E-state index is -0.544. The van der Waals surface area contributed by atoms with Gasteiger partial charge in [-0.25, -0.2) is 14.0 Å². The molecular weight excluding hydrogens is 321 g/mol. The van der Waals surface area contributed by atoms with Crippen molar-refractivity contribution >= 4 is 29.4 Å². The minimum absolute atomic E-state index is 0.253. The Kier molecular flexibility index (Phi) is 5.44. The van der Waals surface area contributed by atoms with Crippen molar-refractivity contribution < 1.29 is 23.5 Å². The lowest BCUT2D eigenvalue weighted by molar-refractivity contribution is -0.137. The van der Waals surface area contributed by atoms with E-state index in [4.69, 9.17) is 4.74 Å². The summed E-state index contributed by atoms with van der Waals surface area (Å²) in [5.74, 6) is -1.38. The van der Waals surface area contributed by atoms with E-state index < -0.39 is 11.9 Å². The Hall–Kier alpha value is -2.28. The number of ether oxygens (including phenoxy) is 2. The van der Waals surface area contributed by atoms with Gasteiger partial charge in [0.2, 0.25) is 0 Å². The number of esters is 2. The van der Waals surface area contributed by atoms with Gasteiger partial charge < -0.3 is 14.4 Å². The summed E-state index contributed by atoms with van der Waals surface area (Å²) < 4.78 is 22.8. The highest BCUT2D eigenvalue weighted by molar-refractivity contribution is 8.08. The number of hydrogen-bond acceptors (Lipinski definition) is 6. The molecule has 1 heterocycles. The third-order valence-corrected chi connectivity index (χ3v) is 4.25. The van der Waals surface area contributed by atoms with E-state index in [1.54, 1.807) is 30.9 Å². The number of anilines is 1. The molecule has 23 heavy (non-hydrogen) atoms. The number of rotatable bonds is 4. The monoisotopic (exact) mass is 337 g/mol. The Bertz CT molecular complexity index is 682. The van der Waals surface area contributed by atoms with Crippen LogP contribution in [0.4, 0.5) is 10.1 Å². The number of thioether (sulfide) groups is 1. The smallest absolute Gasteiger partial charge is 0.346 e. The van der Waals surface area contributed by atoms with Crippen LogP contribution in [-0.4, -0.2) is 25.7 Å². The SMILES string of the molecule is CCOC(=O)C1=C(C)N(c2ccc(F)cc2)/C(=C\C(=O)OC)S1. The fourth-order valence-electron chi connectivity index (χ4n) is 2.04. The van der Waals surface area contributed by atoms with Crippen LogP contribution in [-0.2, 0) is 19.1 Å². The molecule has 0 amide bonds. The zero-order chi connectivity index (χ0) is 17.0. The molecule has 0 aliphatic carbocycles. The van der Waals surface area contributed by atoms with Crippen molar-refractivity contribution in [2.75, 3.05) is 18.6 Å². The maximum absolute atomic E-state index is 13.1. The average Bonchev–Trinajstić information content (AvgIpc) is 2.85. The third-order valence-electron chi connectivity index (χ3n) is 3.08. The number of methoxy groups -OCH3 is 1. The normalized spacial score (nSPS) is 16.0. The lowest BCUT2D eigenvalue weighted by Gasteiger charge is -2.21. The third kappa shape index (κ3) is 3.73. The number of allylic oxidation sites excluding steroid dienone is 1. The first kappa shape index (κ1) is 17.1. The molecule has 1 aromatic rings. The maximum atomic E-state index is 13.1. The molecule has 0 N–H and O–H groups in total.